The molecule has 178 valence electrons. The molecule has 0 radical (unpaired) electrons. The van der Waals surface area contributed by atoms with Gasteiger partial charge in [-0.25, -0.2) is 14.4 Å². The Balaban J connectivity index is 1.23. The predicted molar refractivity (Wildman–Crippen MR) is 132 cm³/mol. The van der Waals surface area contributed by atoms with E-state index in [2.05, 4.69) is 26.7 Å². The number of halogens is 1. The first-order chi connectivity index (χ1) is 17.6. The number of aryl methyl sites for hydroxylation is 1. The van der Waals surface area contributed by atoms with Crippen LogP contribution >= 0.6 is 0 Å². The second-order valence-corrected chi connectivity index (χ2v) is 8.64. The molecule has 2 amide bonds. The molecule has 6 rings (SSSR count). The number of pyridine rings is 1. The first-order valence-corrected chi connectivity index (χ1v) is 11.5. The van der Waals surface area contributed by atoms with Crippen molar-refractivity contribution < 1.29 is 14.0 Å². The van der Waals surface area contributed by atoms with Crippen molar-refractivity contribution in [2.75, 3.05) is 5.32 Å². The lowest BCUT2D eigenvalue weighted by Crippen LogP contribution is -2.27. The second-order valence-electron chi connectivity index (χ2n) is 8.64. The lowest BCUT2D eigenvalue weighted by Gasteiger charge is -2.15. The largest absolute Gasteiger partial charge is 0.345 e. The topological polar surface area (TPSA) is 93.3 Å². The fraction of sp³-hybridized carbons (Fsp3) is 0.111. The van der Waals surface area contributed by atoms with Crippen molar-refractivity contribution in [3.05, 3.63) is 114 Å². The van der Waals surface area contributed by atoms with Crippen LogP contribution in [0.5, 0.6) is 0 Å². The third-order valence-corrected chi connectivity index (χ3v) is 6.44. The summed E-state index contributed by atoms with van der Waals surface area (Å²) in [6, 6.07) is 15.5. The number of amides is 2. The van der Waals surface area contributed by atoms with Crippen LogP contribution in [-0.4, -0.2) is 30.8 Å². The Bertz CT molecular complexity index is 1610. The number of imidazole rings is 2. The molecule has 0 fully saturated rings. The van der Waals surface area contributed by atoms with Crippen LogP contribution in [0.1, 0.15) is 44.4 Å². The van der Waals surface area contributed by atoms with E-state index in [1.54, 1.807) is 40.0 Å². The van der Waals surface area contributed by atoms with Gasteiger partial charge in [0.1, 0.15) is 17.2 Å². The Labute approximate surface area is 205 Å². The van der Waals surface area contributed by atoms with Gasteiger partial charge in [-0.3, -0.25) is 14.0 Å². The van der Waals surface area contributed by atoms with Gasteiger partial charge in [-0.15, -0.1) is 0 Å². The summed E-state index contributed by atoms with van der Waals surface area (Å²) in [7, 11) is 0. The molecule has 36 heavy (non-hydrogen) atoms. The lowest BCUT2D eigenvalue weighted by atomic mass is 10.1. The maximum atomic E-state index is 14.6. The first-order valence-electron chi connectivity index (χ1n) is 11.5. The van der Waals surface area contributed by atoms with Crippen molar-refractivity contribution in [3.8, 4) is 5.69 Å². The van der Waals surface area contributed by atoms with E-state index >= 15 is 0 Å². The summed E-state index contributed by atoms with van der Waals surface area (Å²) in [5.41, 5.74) is 4.07. The molecule has 3 heterocycles. The molecule has 1 atom stereocenters. The van der Waals surface area contributed by atoms with Gasteiger partial charge in [-0.05, 0) is 54.3 Å². The fourth-order valence-electron chi connectivity index (χ4n) is 4.60. The smallest absolute Gasteiger partial charge is 0.274 e. The molecule has 1 aliphatic rings. The van der Waals surface area contributed by atoms with Gasteiger partial charge in [0.15, 0.2) is 0 Å². The second kappa shape index (κ2) is 8.77. The zero-order valence-electron chi connectivity index (χ0n) is 19.1. The van der Waals surface area contributed by atoms with Gasteiger partial charge in [0.05, 0.1) is 29.9 Å². The van der Waals surface area contributed by atoms with Crippen molar-refractivity contribution in [1.82, 2.24) is 24.3 Å². The maximum Gasteiger partial charge on any atom is 0.274 e. The number of fused-ring (bicyclic) bond motifs is 2. The molecule has 0 spiro atoms. The number of aromatic nitrogens is 4. The quantitative estimate of drug-likeness (QED) is 0.392. The van der Waals surface area contributed by atoms with Gasteiger partial charge in [0, 0.05) is 24.2 Å². The van der Waals surface area contributed by atoms with Crippen LogP contribution in [0.4, 0.5) is 10.1 Å². The van der Waals surface area contributed by atoms with Crippen molar-refractivity contribution in [3.63, 3.8) is 0 Å². The minimum atomic E-state index is -0.640. The molecule has 2 N–H and O–H groups in total. The Kier molecular flexibility index (Phi) is 5.29. The summed E-state index contributed by atoms with van der Waals surface area (Å²) in [6.45, 7) is 0. The molecule has 1 unspecified atom stereocenters. The third-order valence-electron chi connectivity index (χ3n) is 6.44. The Morgan fingerprint density at radius 2 is 1.94 bits per heavy atom. The Morgan fingerprint density at radius 1 is 1.06 bits per heavy atom. The summed E-state index contributed by atoms with van der Waals surface area (Å²) in [6.07, 6.45) is 9.97. The number of nitrogens with one attached hydrogen (secondary N) is 2. The summed E-state index contributed by atoms with van der Waals surface area (Å²) < 4.78 is 18.0. The molecule has 0 saturated heterocycles. The van der Waals surface area contributed by atoms with Gasteiger partial charge >= 0.3 is 0 Å². The van der Waals surface area contributed by atoms with E-state index in [4.69, 9.17) is 0 Å². The standard InChI is InChI=1S/C27H21FN6O2/c28-21-8-5-18(26(35)31-22-9-6-17-3-1-2-4-20(17)22)13-23(21)32-27(36)24-14-30-25-10-7-19(15-34(24)25)33-12-11-29-16-33/h1-5,7-8,10-16,22H,6,9H2,(H,31,35)(H,32,36). The fourth-order valence-corrected chi connectivity index (χ4v) is 4.60. The summed E-state index contributed by atoms with van der Waals surface area (Å²) in [5.74, 6) is -1.52. The van der Waals surface area contributed by atoms with Crippen LogP contribution in [0.25, 0.3) is 11.3 Å². The van der Waals surface area contributed by atoms with Gasteiger partial charge < -0.3 is 15.2 Å². The molecule has 0 aliphatic heterocycles. The minimum Gasteiger partial charge on any atom is -0.345 e. The van der Waals surface area contributed by atoms with E-state index in [1.807, 2.05) is 24.3 Å². The van der Waals surface area contributed by atoms with E-state index in [1.165, 1.54) is 30.0 Å². The highest BCUT2D eigenvalue weighted by Gasteiger charge is 2.24. The molecule has 1 aliphatic carbocycles. The number of nitrogens with zero attached hydrogens (tertiary/aromatic N) is 4. The molecule has 0 saturated carbocycles. The summed E-state index contributed by atoms with van der Waals surface area (Å²) in [4.78, 5) is 34.3. The number of anilines is 1. The van der Waals surface area contributed by atoms with Crippen molar-refractivity contribution in [1.29, 1.82) is 0 Å². The number of benzene rings is 2. The van der Waals surface area contributed by atoms with Crippen molar-refractivity contribution >= 4 is 23.1 Å². The zero-order valence-corrected chi connectivity index (χ0v) is 19.1. The zero-order chi connectivity index (χ0) is 24.6. The third kappa shape index (κ3) is 3.90. The molecule has 5 aromatic rings. The normalized spacial score (nSPS) is 14.5. The molecule has 0 bridgehead atoms. The van der Waals surface area contributed by atoms with Gasteiger partial charge in [-0.2, -0.15) is 0 Å². The van der Waals surface area contributed by atoms with E-state index in [-0.39, 0.29) is 28.9 Å². The molecule has 2 aromatic carbocycles. The number of hydrogen-bond donors (Lipinski definition) is 2. The number of carbonyl (C=O) groups excluding carboxylic acids is 2. The van der Waals surface area contributed by atoms with Gasteiger partial charge in [0.25, 0.3) is 11.8 Å². The first kappa shape index (κ1) is 21.7. The SMILES string of the molecule is O=C(NC1CCc2ccccc21)c1ccc(F)c(NC(=O)c2cnc3ccc(-n4ccnc4)cn23)c1. The van der Waals surface area contributed by atoms with Crippen LogP contribution in [0, 0.1) is 5.82 Å². The minimum absolute atomic E-state index is 0.0832. The van der Waals surface area contributed by atoms with E-state index in [0.717, 1.165) is 24.1 Å². The Hall–Kier alpha value is -4.79. The number of hydrogen-bond acceptors (Lipinski definition) is 4. The monoisotopic (exact) mass is 480 g/mol. The van der Waals surface area contributed by atoms with Crippen LogP contribution in [-0.2, 0) is 6.42 Å². The molecular weight excluding hydrogens is 459 g/mol. The van der Waals surface area contributed by atoms with Gasteiger partial charge in [0.2, 0.25) is 0 Å². The highest BCUT2D eigenvalue weighted by molar-refractivity contribution is 6.04. The van der Waals surface area contributed by atoms with E-state index in [0.29, 0.717) is 5.65 Å². The van der Waals surface area contributed by atoms with Crippen molar-refractivity contribution in [2.24, 2.45) is 0 Å². The summed E-state index contributed by atoms with van der Waals surface area (Å²) >= 11 is 0. The number of rotatable bonds is 5. The molecule has 8 nitrogen and oxygen atoms in total. The molecule has 9 heteroatoms. The Morgan fingerprint density at radius 3 is 2.81 bits per heavy atom. The van der Waals surface area contributed by atoms with Crippen LogP contribution in [0.15, 0.2) is 85.7 Å². The predicted octanol–water partition coefficient (Wildman–Crippen LogP) is 4.33. The highest BCUT2D eigenvalue weighted by Crippen LogP contribution is 2.31. The van der Waals surface area contributed by atoms with E-state index < -0.39 is 11.7 Å². The summed E-state index contributed by atoms with van der Waals surface area (Å²) in [5, 5.41) is 5.62. The maximum absolute atomic E-state index is 14.6. The van der Waals surface area contributed by atoms with Crippen LogP contribution < -0.4 is 10.6 Å². The highest BCUT2D eigenvalue weighted by atomic mass is 19.1. The van der Waals surface area contributed by atoms with E-state index in [9.17, 15) is 14.0 Å². The average Bonchev–Trinajstić information content (AvgIpc) is 3.65. The average molecular weight is 481 g/mol. The van der Waals surface area contributed by atoms with Crippen LogP contribution in [0.2, 0.25) is 0 Å². The van der Waals surface area contributed by atoms with Crippen molar-refractivity contribution in [2.45, 2.75) is 18.9 Å². The lowest BCUT2D eigenvalue weighted by molar-refractivity contribution is 0.0935. The van der Waals surface area contributed by atoms with Crippen LogP contribution in [0.3, 0.4) is 0 Å². The number of carbonyl (C=O) groups is 2. The van der Waals surface area contributed by atoms with Gasteiger partial charge in [-0.1, -0.05) is 24.3 Å². The molecular formula is C27H21FN6O2. The molecule has 3 aromatic heterocycles.